The molecule has 0 aliphatic carbocycles. The van der Waals surface area contributed by atoms with Crippen molar-refractivity contribution in [1.29, 1.82) is 0 Å². The predicted octanol–water partition coefficient (Wildman–Crippen LogP) is 3.94. The van der Waals surface area contributed by atoms with Crippen molar-refractivity contribution in [2.24, 2.45) is 5.73 Å². The average molecular weight is 262 g/mol. The van der Waals surface area contributed by atoms with Crippen molar-refractivity contribution in [3.8, 4) is 11.5 Å². The molecule has 0 heterocycles. The molecule has 0 bridgehead atoms. The third-order valence-corrected chi connectivity index (χ3v) is 3.04. The maximum atomic E-state index is 6.17. The van der Waals surface area contributed by atoms with Crippen LogP contribution >= 0.6 is 11.6 Å². The van der Waals surface area contributed by atoms with E-state index < -0.39 is 0 Å². The Morgan fingerprint density at radius 1 is 1.17 bits per heavy atom. The second-order valence-corrected chi connectivity index (χ2v) is 4.58. The van der Waals surface area contributed by atoms with Gasteiger partial charge in [-0.25, -0.2) is 0 Å². The zero-order chi connectivity index (χ0) is 13.0. The van der Waals surface area contributed by atoms with Gasteiger partial charge in [0.2, 0.25) is 0 Å². The van der Waals surface area contributed by atoms with Crippen molar-refractivity contribution in [3.63, 3.8) is 0 Å². The molecule has 0 atom stereocenters. The van der Waals surface area contributed by atoms with Crippen LogP contribution in [0.3, 0.4) is 0 Å². The van der Waals surface area contributed by atoms with Crippen LogP contribution in [0.15, 0.2) is 42.5 Å². The van der Waals surface area contributed by atoms with Gasteiger partial charge < -0.3 is 10.5 Å². The van der Waals surface area contributed by atoms with E-state index >= 15 is 0 Å². The zero-order valence-electron chi connectivity index (χ0n) is 10.3. The van der Waals surface area contributed by atoms with E-state index in [1.165, 1.54) is 0 Å². The summed E-state index contributed by atoms with van der Waals surface area (Å²) >= 11 is 6.17. The van der Waals surface area contributed by atoms with E-state index in [-0.39, 0.29) is 0 Å². The molecule has 2 aromatic carbocycles. The van der Waals surface area contributed by atoms with E-state index in [1.807, 2.05) is 49.4 Å². The second-order valence-electron chi connectivity index (χ2n) is 4.17. The maximum Gasteiger partial charge on any atom is 0.132 e. The monoisotopic (exact) mass is 261 g/mol. The summed E-state index contributed by atoms with van der Waals surface area (Å²) in [4.78, 5) is 0. The molecule has 0 unspecified atom stereocenters. The van der Waals surface area contributed by atoms with Gasteiger partial charge in [0.1, 0.15) is 11.5 Å². The van der Waals surface area contributed by atoms with Crippen molar-refractivity contribution in [2.45, 2.75) is 13.3 Å². The standard InChI is InChI=1S/C15H16ClNO/c1-11-4-2-5-12(10-11)18-15-7-3-6-14(16)13(15)8-9-17/h2-7,10H,8-9,17H2,1H3. The number of rotatable bonds is 4. The van der Waals surface area contributed by atoms with Gasteiger partial charge in [0, 0.05) is 10.6 Å². The summed E-state index contributed by atoms with van der Waals surface area (Å²) in [7, 11) is 0. The van der Waals surface area contributed by atoms with Crippen LogP contribution in [0.2, 0.25) is 5.02 Å². The van der Waals surface area contributed by atoms with Gasteiger partial charge in [-0.3, -0.25) is 0 Å². The number of benzene rings is 2. The largest absolute Gasteiger partial charge is 0.457 e. The Balaban J connectivity index is 2.31. The van der Waals surface area contributed by atoms with Gasteiger partial charge in [-0.15, -0.1) is 0 Å². The molecule has 0 aliphatic heterocycles. The van der Waals surface area contributed by atoms with Crippen molar-refractivity contribution >= 4 is 11.6 Å². The predicted molar refractivity (Wildman–Crippen MR) is 75.5 cm³/mol. The van der Waals surface area contributed by atoms with Gasteiger partial charge in [0.25, 0.3) is 0 Å². The van der Waals surface area contributed by atoms with Crippen LogP contribution in [0, 0.1) is 6.92 Å². The van der Waals surface area contributed by atoms with Gasteiger partial charge in [-0.2, -0.15) is 0 Å². The quantitative estimate of drug-likeness (QED) is 0.905. The third kappa shape index (κ3) is 3.03. The molecule has 3 heteroatoms. The SMILES string of the molecule is Cc1cccc(Oc2cccc(Cl)c2CCN)c1. The first-order chi connectivity index (χ1) is 8.70. The minimum Gasteiger partial charge on any atom is -0.457 e. The Morgan fingerprint density at radius 2 is 1.94 bits per heavy atom. The molecule has 0 spiro atoms. The fourth-order valence-electron chi connectivity index (χ4n) is 1.83. The number of aryl methyl sites for hydroxylation is 1. The molecule has 0 radical (unpaired) electrons. The molecule has 94 valence electrons. The number of ether oxygens (including phenoxy) is 1. The Kier molecular flexibility index (Phi) is 4.24. The molecular formula is C15H16ClNO. The van der Waals surface area contributed by atoms with Crippen LogP contribution in [0.5, 0.6) is 11.5 Å². The number of halogens is 1. The first kappa shape index (κ1) is 12.9. The number of nitrogens with two attached hydrogens (primary N) is 1. The van der Waals surface area contributed by atoms with E-state index in [1.54, 1.807) is 0 Å². The fourth-order valence-corrected chi connectivity index (χ4v) is 2.09. The maximum absolute atomic E-state index is 6.17. The molecule has 0 aromatic heterocycles. The third-order valence-electron chi connectivity index (χ3n) is 2.69. The molecule has 0 amide bonds. The van der Waals surface area contributed by atoms with Gasteiger partial charge >= 0.3 is 0 Å². The lowest BCUT2D eigenvalue weighted by molar-refractivity contribution is 0.476. The smallest absolute Gasteiger partial charge is 0.132 e. The highest BCUT2D eigenvalue weighted by atomic mass is 35.5. The number of hydrogen-bond acceptors (Lipinski definition) is 2. The Hall–Kier alpha value is -1.51. The van der Waals surface area contributed by atoms with Crippen LogP contribution in [0.25, 0.3) is 0 Å². The highest BCUT2D eigenvalue weighted by Crippen LogP contribution is 2.30. The topological polar surface area (TPSA) is 35.2 Å². The summed E-state index contributed by atoms with van der Waals surface area (Å²) < 4.78 is 5.88. The van der Waals surface area contributed by atoms with E-state index in [4.69, 9.17) is 22.1 Å². The highest BCUT2D eigenvalue weighted by Gasteiger charge is 2.08. The molecular weight excluding hydrogens is 246 g/mol. The molecule has 2 aromatic rings. The normalized spacial score (nSPS) is 10.4. The Labute approximate surface area is 112 Å². The van der Waals surface area contributed by atoms with Crippen LogP contribution in [0.4, 0.5) is 0 Å². The van der Waals surface area contributed by atoms with Crippen LogP contribution in [-0.4, -0.2) is 6.54 Å². The zero-order valence-corrected chi connectivity index (χ0v) is 11.1. The summed E-state index contributed by atoms with van der Waals surface area (Å²) in [6.45, 7) is 2.58. The van der Waals surface area contributed by atoms with E-state index in [9.17, 15) is 0 Å². The summed E-state index contributed by atoms with van der Waals surface area (Å²) in [5, 5.41) is 0.700. The summed E-state index contributed by atoms with van der Waals surface area (Å²) in [5.74, 6) is 1.59. The molecule has 0 saturated carbocycles. The lowest BCUT2D eigenvalue weighted by Crippen LogP contribution is -2.04. The first-order valence-corrected chi connectivity index (χ1v) is 6.30. The summed E-state index contributed by atoms with van der Waals surface area (Å²) in [6.07, 6.45) is 0.709. The molecule has 0 saturated heterocycles. The molecule has 2 N–H and O–H groups in total. The summed E-state index contributed by atoms with van der Waals surface area (Å²) in [6, 6.07) is 13.6. The first-order valence-electron chi connectivity index (χ1n) is 5.92. The highest BCUT2D eigenvalue weighted by molar-refractivity contribution is 6.31. The fraction of sp³-hybridized carbons (Fsp3) is 0.200. The Morgan fingerprint density at radius 3 is 2.67 bits per heavy atom. The lowest BCUT2D eigenvalue weighted by atomic mass is 10.1. The van der Waals surface area contributed by atoms with Gasteiger partial charge in [-0.1, -0.05) is 29.8 Å². The van der Waals surface area contributed by atoms with Crippen molar-refractivity contribution < 1.29 is 4.74 Å². The second kappa shape index (κ2) is 5.89. The van der Waals surface area contributed by atoms with E-state index in [0.29, 0.717) is 18.0 Å². The molecule has 2 rings (SSSR count). The molecule has 0 fully saturated rings. The van der Waals surface area contributed by atoms with Gasteiger partial charge in [-0.05, 0) is 49.7 Å². The summed E-state index contributed by atoms with van der Waals surface area (Å²) in [5.41, 5.74) is 7.72. The van der Waals surface area contributed by atoms with Crippen molar-refractivity contribution in [3.05, 3.63) is 58.6 Å². The minimum absolute atomic E-state index is 0.550. The van der Waals surface area contributed by atoms with Crippen LogP contribution in [-0.2, 0) is 6.42 Å². The van der Waals surface area contributed by atoms with Crippen LogP contribution < -0.4 is 10.5 Å². The van der Waals surface area contributed by atoms with E-state index in [0.717, 1.165) is 22.6 Å². The van der Waals surface area contributed by atoms with Gasteiger partial charge in [0.15, 0.2) is 0 Å². The molecule has 2 nitrogen and oxygen atoms in total. The van der Waals surface area contributed by atoms with Crippen molar-refractivity contribution in [2.75, 3.05) is 6.54 Å². The lowest BCUT2D eigenvalue weighted by Gasteiger charge is -2.12. The number of hydrogen-bond donors (Lipinski definition) is 1. The minimum atomic E-state index is 0.550. The average Bonchev–Trinajstić information content (AvgIpc) is 2.34. The van der Waals surface area contributed by atoms with Crippen molar-refractivity contribution in [1.82, 2.24) is 0 Å². The van der Waals surface area contributed by atoms with E-state index in [2.05, 4.69) is 0 Å². The van der Waals surface area contributed by atoms with Gasteiger partial charge in [0.05, 0.1) is 0 Å². The molecule has 18 heavy (non-hydrogen) atoms. The Bertz CT molecular complexity index is 540. The van der Waals surface area contributed by atoms with Crippen LogP contribution in [0.1, 0.15) is 11.1 Å². The molecule has 0 aliphatic rings.